The highest BCUT2D eigenvalue weighted by atomic mass is 19.1. The van der Waals surface area contributed by atoms with Crippen LogP contribution in [0, 0.1) is 18.2 Å². The van der Waals surface area contributed by atoms with Gasteiger partial charge in [0, 0.05) is 11.1 Å². The van der Waals surface area contributed by atoms with Crippen molar-refractivity contribution >= 4 is 11.6 Å². The molecule has 1 aliphatic carbocycles. The number of rotatable bonds is 2. The summed E-state index contributed by atoms with van der Waals surface area (Å²) < 4.78 is 12.9. The standard InChI is InChI=1S/C14H18FNO/c1-10-9-11(15)5-6-12(10)16-13(17)14(2)7-3-4-8-14/h5-6,9H,3-4,7-8H2,1-2H3,(H,16,17). The summed E-state index contributed by atoms with van der Waals surface area (Å²) in [5.41, 5.74) is 1.23. The lowest BCUT2D eigenvalue weighted by atomic mass is 9.87. The second-order valence-corrected chi connectivity index (χ2v) is 5.18. The molecule has 17 heavy (non-hydrogen) atoms. The third-order valence-corrected chi connectivity index (χ3v) is 3.69. The van der Waals surface area contributed by atoms with Gasteiger partial charge in [-0.05, 0) is 43.5 Å². The van der Waals surface area contributed by atoms with Crippen molar-refractivity contribution in [2.45, 2.75) is 39.5 Å². The molecule has 1 aromatic carbocycles. The van der Waals surface area contributed by atoms with Crippen LogP contribution in [0.5, 0.6) is 0 Å². The number of aryl methyl sites for hydroxylation is 1. The van der Waals surface area contributed by atoms with E-state index in [4.69, 9.17) is 0 Å². The number of benzene rings is 1. The first-order chi connectivity index (χ1) is 8.01. The summed E-state index contributed by atoms with van der Waals surface area (Å²) in [5, 5.41) is 2.91. The van der Waals surface area contributed by atoms with Gasteiger partial charge >= 0.3 is 0 Å². The van der Waals surface area contributed by atoms with Gasteiger partial charge in [0.15, 0.2) is 0 Å². The van der Waals surface area contributed by atoms with Crippen LogP contribution in [-0.4, -0.2) is 5.91 Å². The number of halogens is 1. The van der Waals surface area contributed by atoms with Gasteiger partial charge in [0.05, 0.1) is 0 Å². The number of carbonyl (C=O) groups is 1. The van der Waals surface area contributed by atoms with E-state index in [0.29, 0.717) is 5.69 Å². The molecule has 92 valence electrons. The van der Waals surface area contributed by atoms with Crippen molar-refractivity contribution < 1.29 is 9.18 Å². The van der Waals surface area contributed by atoms with E-state index in [0.717, 1.165) is 31.2 Å². The summed E-state index contributed by atoms with van der Waals surface area (Å²) >= 11 is 0. The zero-order valence-electron chi connectivity index (χ0n) is 10.3. The van der Waals surface area contributed by atoms with Crippen molar-refractivity contribution in [2.24, 2.45) is 5.41 Å². The Morgan fingerprint density at radius 1 is 1.35 bits per heavy atom. The third-order valence-electron chi connectivity index (χ3n) is 3.69. The topological polar surface area (TPSA) is 29.1 Å². The van der Waals surface area contributed by atoms with Crippen molar-refractivity contribution in [3.05, 3.63) is 29.6 Å². The predicted octanol–water partition coefficient (Wildman–Crippen LogP) is 3.65. The fourth-order valence-electron chi connectivity index (χ4n) is 2.42. The van der Waals surface area contributed by atoms with E-state index in [2.05, 4.69) is 5.32 Å². The van der Waals surface area contributed by atoms with Crippen molar-refractivity contribution in [1.29, 1.82) is 0 Å². The molecule has 0 spiro atoms. The molecule has 1 fully saturated rings. The largest absolute Gasteiger partial charge is 0.325 e. The molecule has 1 aliphatic rings. The fraction of sp³-hybridized carbons (Fsp3) is 0.500. The molecule has 2 rings (SSSR count). The van der Waals surface area contributed by atoms with Gasteiger partial charge in [-0.1, -0.05) is 19.8 Å². The molecule has 3 heteroatoms. The number of nitrogens with one attached hydrogen (secondary N) is 1. The molecule has 0 radical (unpaired) electrons. The summed E-state index contributed by atoms with van der Waals surface area (Å²) in [7, 11) is 0. The zero-order valence-corrected chi connectivity index (χ0v) is 10.3. The highest BCUT2D eigenvalue weighted by molar-refractivity contribution is 5.95. The molecule has 0 atom stereocenters. The number of hydrogen-bond acceptors (Lipinski definition) is 1. The smallest absolute Gasteiger partial charge is 0.230 e. The summed E-state index contributed by atoms with van der Waals surface area (Å²) in [6.45, 7) is 3.81. The average Bonchev–Trinajstić information content (AvgIpc) is 2.71. The minimum Gasteiger partial charge on any atom is -0.325 e. The average molecular weight is 235 g/mol. The molecule has 1 amide bonds. The minimum atomic E-state index is -0.271. The SMILES string of the molecule is Cc1cc(F)ccc1NC(=O)C1(C)CCCC1. The molecule has 0 aromatic heterocycles. The van der Waals surface area contributed by atoms with Crippen LogP contribution >= 0.6 is 0 Å². The van der Waals surface area contributed by atoms with E-state index in [9.17, 15) is 9.18 Å². The highest BCUT2D eigenvalue weighted by Gasteiger charge is 2.36. The van der Waals surface area contributed by atoms with Gasteiger partial charge < -0.3 is 5.32 Å². The lowest BCUT2D eigenvalue weighted by Crippen LogP contribution is -2.31. The first kappa shape index (κ1) is 12.1. The monoisotopic (exact) mass is 235 g/mol. The van der Waals surface area contributed by atoms with Gasteiger partial charge in [-0.15, -0.1) is 0 Å². The first-order valence-corrected chi connectivity index (χ1v) is 6.09. The Kier molecular flexibility index (Phi) is 3.18. The van der Waals surface area contributed by atoms with E-state index >= 15 is 0 Å². The van der Waals surface area contributed by atoms with Gasteiger partial charge in [0.25, 0.3) is 0 Å². The Labute approximate surface area is 101 Å². The van der Waals surface area contributed by atoms with Crippen LogP contribution in [0.3, 0.4) is 0 Å². The van der Waals surface area contributed by atoms with Crippen LogP contribution in [0.25, 0.3) is 0 Å². The maximum Gasteiger partial charge on any atom is 0.230 e. The number of anilines is 1. The molecular formula is C14H18FNO. The Balaban J connectivity index is 2.13. The summed E-state index contributed by atoms with van der Waals surface area (Å²) in [6.07, 6.45) is 4.12. The second kappa shape index (κ2) is 4.47. The Morgan fingerprint density at radius 2 is 2.00 bits per heavy atom. The molecule has 1 aromatic rings. The Hall–Kier alpha value is -1.38. The molecule has 1 saturated carbocycles. The van der Waals surface area contributed by atoms with Gasteiger partial charge in [-0.2, -0.15) is 0 Å². The third kappa shape index (κ3) is 2.48. The van der Waals surface area contributed by atoms with Gasteiger partial charge in [0.2, 0.25) is 5.91 Å². The molecule has 0 unspecified atom stereocenters. The molecule has 2 nitrogen and oxygen atoms in total. The minimum absolute atomic E-state index is 0.0599. The molecule has 0 bridgehead atoms. The van der Waals surface area contributed by atoms with Crippen LogP contribution in [0.4, 0.5) is 10.1 Å². The van der Waals surface area contributed by atoms with Crippen molar-refractivity contribution in [3.8, 4) is 0 Å². The van der Waals surface area contributed by atoms with E-state index < -0.39 is 0 Å². The number of amides is 1. The number of hydrogen-bond donors (Lipinski definition) is 1. The quantitative estimate of drug-likeness (QED) is 0.832. The van der Waals surface area contributed by atoms with Crippen LogP contribution in [0.15, 0.2) is 18.2 Å². The van der Waals surface area contributed by atoms with Crippen LogP contribution in [0.2, 0.25) is 0 Å². The molecular weight excluding hydrogens is 217 g/mol. The van der Waals surface area contributed by atoms with Crippen molar-refractivity contribution in [3.63, 3.8) is 0 Å². The van der Waals surface area contributed by atoms with Gasteiger partial charge in [-0.25, -0.2) is 4.39 Å². The Bertz CT molecular complexity index is 436. The molecule has 0 saturated heterocycles. The van der Waals surface area contributed by atoms with Gasteiger partial charge in [0.1, 0.15) is 5.82 Å². The maximum absolute atomic E-state index is 12.9. The lowest BCUT2D eigenvalue weighted by molar-refractivity contribution is -0.124. The van der Waals surface area contributed by atoms with Crippen molar-refractivity contribution in [1.82, 2.24) is 0 Å². The first-order valence-electron chi connectivity index (χ1n) is 6.09. The van der Waals surface area contributed by atoms with Crippen LogP contribution < -0.4 is 5.32 Å². The normalized spacial score (nSPS) is 18.1. The van der Waals surface area contributed by atoms with Gasteiger partial charge in [-0.3, -0.25) is 4.79 Å². The summed E-state index contributed by atoms with van der Waals surface area (Å²) in [4.78, 5) is 12.2. The fourth-order valence-corrected chi connectivity index (χ4v) is 2.42. The maximum atomic E-state index is 12.9. The lowest BCUT2D eigenvalue weighted by Gasteiger charge is -2.22. The van der Waals surface area contributed by atoms with Crippen LogP contribution in [-0.2, 0) is 4.79 Å². The van der Waals surface area contributed by atoms with E-state index in [1.807, 2.05) is 6.92 Å². The summed E-state index contributed by atoms with van der Waals surface area (Å²) in [6, 6.07) is 4.44. The molecule has 0 heterocycles. The molecule has 0 aliphatic heterocycles. The van der Waals surface area contributed by atoms with E-state index in [1.54, 1.807) is 13.0 Å². The molecule has 1 N–H and O–H groups in total. The highest BCUT2D eigenvalue weighted by Crippen LogP contribution is 2.38. The van der Waals surface area contributed by atoms with Crippen LogP contribution in [0.1, 0.15) is 38.2 Å². The Morgan fingerprint density at radius 3 is 2.59 bits per heavy atom. The second-order valence-electron chi connectivity index (χ2n) is 5.18. The zero-order chi connectivity index (χ0) is 12.5. The van der Waals surface area contributed by atoms with E-state index in [-0.39, 0.29) is 17.1 Å². The van der Waals surface area contributed by atoms with E-state index in [1.165, 1.54) is 12.1 Å². The number of carbonyl (C=O) groups excluding carboxylic acids is 1. The van der Waals surface area contributed by atoms with Crippen molar-refractivity contribution in [2.75, 3.05) is 5.32 Å². The summed E-state index contributed by atoms with van der Waals surface area (Å²) in [5.74, 6) is -0.211. The predicted molar refractivity (Wildman–Crippen MR) is 66.3 cm³/mol.